The van der Waals surface area contributed by atoms with Crippen LogP contribution < -0.4 is 19.9 Å². The molecule has 2 aromatic rings. The van der Waals surface area contributed by atoms with Crippen LogP contribution in [0, 0.1) is 0 Å². The van der Waals surface area contributed by atoms with E-state index in [-0.39, 0.29) is 12.0 Å². The number of benzene rings is 2. The lowest BCUT2D eigenvalue weighted by Crippen LogP contribution is -2.16. The van der Waals surface area contributed by atoms with Crippen LogP contribution in [0.1, 0.15) is 37.8 Å². The fourth-order valence-electron chi connectivity index (χ4n) is 2.90. The van der Waals surface area contributed by atoms with Gasteiger partial charge in [0.05, 0.1) is 19.8 Å². The Kier molecular flexibility index (Phi) is 7.14. The summed E-state index contributed by atoms with van der Waals surface area (Å²) in [6.07, 6.45) is 0.909. The molecule has 4 nitrogen and oxygen atoms in total. The topological polar surface area (TPSA) is 53.7 Å². The van der Waals surface area contributed by atoms with Crippen molar-refractivity contribution in [3.8, 4) is 17.2 Å². The van der Waals surface area contributed by atoms with Gasteiger partial charge in [0.15, 0.2) is 11.5 Å². The molecule has 0 amide bonds. The summed E-state index contributed by atoms with van der Waals surface area (Å²) >= 11 is 0. The zero-order valence-electron chi connectivity index (χ0n) is 15.6. The van der Waals surface area contributed by atoms with Crippen molar-refractivity contribution in [3.05, 3.63) is 53.6 Å². The minimum Gasteiger partial charge on any atom is -0.494 e. The van der Waals surface area contributed by atoms with E-state index >= 15 is 0 Å². The van der Waals surface area contributed by atoms with Crippen LogP contribution in [0.15, 0.2) is 42.5 Å². The molecule has 1 atom stereocenters. The first-order valence-corrected chi connectivity index (χ1v) is 8.84. The second kappa shape index (κ2) is 9.33. The lowest BCUT2D eigenvalue weighted by atomic mass is 9.91. The molecule has 136 valence electrons. The summed E-state index contributed by atoms with van der Waals surface area (Å²) in [6, 6.07) is 14.2. The average molecular weight is 343 g/mol. The fourth-order valence-corrected chi connectivity index (χ4v) is 2.90. The highest BCUT2D eigenvalue weighted by molar-refractivity contribution is 5.44. The van der Waals surface area contributed by atoms with Gasteiger partial charge in [-0.3, -0.25) is 0 Å². The Bertz CT molecular complexity index is 670. The van der Waals surface area contributed by atoms with Crippen LogP contribution in [-0.2, 0) is 6.42 Å². The van der Waals surface area contributed by atoms with Crippen molar-refractivity contribution in [1.29, 1.82) is 0 Å². The van der Waals surface area contributed by atoms with Crippen molar-refractivity contribution >= 4 is 0 Å². The number of hydrogen-bond acceptors (Lipinski definition) is 4. The number of ether oxygens (including phenoxy) is 3. The van der Waals surface area contributed by atoms with Crippen molar-refractivity contribution in [1.82, 2.24) is 0 Å². The predicted octanol–water partition coefficient (Wildman–Crippen LogP) is 4.17. The molecule has 0 aliphatic rings. The standard InChI is InChI=1S/C21H29NO3/c1-5-24-19-9-7-6-8-18(19)17(14-22)12-16-10-11-20(23-4)21(13-16)25-15(2)3/h6-11,13,15,17H,5,12,14,22H2,1-4H3. The summed E-state index contributed by atoms with van der Waals surface area (Å²) in [5, 5.41) is 0. The predicted molar refractivity (Wildman–Crippen MR) is 102 cm³/mol. The molecule has 0 heterocycles. The van der Waals surface area contributed by atoms with Gasteiger partial charge in [-0.1, -0.05) is 24.3 Å². The van der Waals surface area contributed by atoms with Crippen molar-refractivity contribution < 1.29 is 14.2 Å². The lowest BCUT2D eigenvalue weighted by Gasteiger charge is -2.20. The zero-order chi connectivity index (χ0) is 18.2. The van der Waals surface area contributed by atoms with Crippen molar-refractivity contribution in [2.45, 2.75) is 39.2 Å². The molecule has 0 saturated carbocycles. The molecule has 25 heavy (non-hydrogen) atoms. The van der Waals surface area contributed by atoms with E-state index in [0.717, 1.165) is 29.2 Å². The molecule has 2 aromatic carbocycles. The van der Waals surface area contributed by atoms with Crippen LogP contribution in [0.4, 0.5) is 0 Å². The monoisotopic (exact) mass is 343 g/mol. The molecule has 0 saturated heterocycles. The number of para-hydroxylation sites is 1. The van der Waals surface area contributed by atoms with Crippen LogP contribution >= 0.6 is 0 Å². The Morgan fingerprint density at radius 3 is 2.40 bits per heavy atom. The number of rotatable bonds is 9. The van der Waals surface area contributed by atoms with Gasteiger partial charge in [-0.2, -0.15) is 0 Å². The molecule has 4 heteroatoms. The van der Waals surface area contributed by atoms with Gasteiger partial charge in [0.25, 0.3) is 0 Å². The first-order valence-electron chi connectivity index (χ1n) is 8.84. The average Bonchev–Trinajstić information content (AvgIpc) is 2.60. The Hall–Kier alpha value is -2.20. The van der Waals surface area contributed by atoms with E-state index in [1.807, 2.05) is 51.1 Å². The van der Waals surface area contributed by atoms with E-state index in [2.05, 4.69) is 12.1 Å². The van der Waals surface area contributed by atoms with Gasteiger partial charge in [0.2, 0.25) is 0 Å². The fraction of sp³-hybridized carbons (Fsp3) is 0.429. The van der Waals surface area contributed by atoms with Crippen LogP contribution in [0.2, 0.25) is 0 Å². The third-order valence-corrected chi connectivity index (χ3v) is 4.02. The smallest absolute Gasteiger partial charge is 0.161 e. The van der Waals surface area contributed by atoms with E-state index < -0.39 is 0 Å². The normalized spacial score (nSPS) is 12.1. The molecular formula is C21H29NO3. The van der Waals surface area contributed by atoms with Crippen molar-refractivity contribution in [3.63, 3.8) is 0 Å². The number of methoxy groups -OCH3 is 1. The molecule has 0 aromatic heterocycles. The van der Waals surface area contributed by atoms with Crippen molar-refractivity contribution in [2.75, 3.05) is 20.3 Å². The SMILES string of the molecule is CCOc1ccccc1C(CN)Cc1ccc(OC)c(OC(C)C)c1. The van der Waals surface area contributed by atoms with Gasteiger partial charge >= 0.3 is 0 Å². The molecule has 2 rings (SSSR count). The summed E-state index contributed by atoms with van der Waals surface area (Å²) in [7, 11) is 1.66. The second-order valence-corrected chi connectivity index (χ2v) is 6.26. The third kappa shape index (κ3) is 5.13. The molecule has 0 aliphatic heterocycles. The van der Waals surface area contributed by atoms with Gasteiger partial charge < -0.3 is 19.9 Å². The molecule has 0 fully saturated rings. The van der Waals surface area contributed by atoms with Gasteiger partial charge in [-0.15, -0.1) is 0 Å². The van der Waals surface area contributed by atoms with Crippen LogP contribution in [-0.4, -0.2) is 26.4 Å². The van der Waals surface area contributed by atoms with Crippen molar-refractivity contribution in [2.24, 2.45) is 5.73 Å². The van der Waals surface area contributed by atoms with E-state index in [9.17, 15) is 0 Å². The minimum absolute atomic E-state index is 0.0909. The number of hydrogen-bond donors (Lipinski definition) is 1. The third-order valence-electron chi connectivity index (χ3n) is 4.02. The maximum atomic E-state index is 6.08. The van der Waals surface area contributed by atoms with E-state index in [0.29, 0.717) is 13.2 Å². The maximum Gasteiger partial charge on any atom is 0.161 e. The maximum absolute atomic E-state index is 6.08. The molecule has 0 radical (unpaired) electrons. The second-order valence-electron chi connectivity index (χ2n) is 6.26. The summed E-state index contributed by atoms with van der Waals surface area (Å²) in [5.41, 5.74) is 8.39. The zero-order valence-corrected chi connectivity index (χ0v) is 15.6. The molecular weight excluding hydrogens is 314 g/mol. The summed E-state index contributed by atoms with van der Waals surface area (Å²) in [5.74, 6) is 2.61. The Morgan fingerprint density at radius 2 is 1.76 bits per heavy atom. The number of nitrogens with two attached hydrogens (primary N) is 1. The quantitative estimate of drug-likeness (QED) is 0.742. The largest absolute Gasteiger partial charge is 0.494 e. The van der Waals surface area contributed by atoms with Gasteiger partial charge in [-0.05, 0) is 63.1 Å². The molecule has 1 unspecified atom stereocenters. The minimum atomic E-state index is 0.0909. The van der Waals surface area contributed by atoms with Crippen LogP contribution in [0.3, 0.4) is 0 Å². The summed E-state index contributed by atoms with van der Waals surface area (Å²) < 4.78 is 17.0. The van der Waals surface area contributed by atoms with Gasteiger partial charge in [0.1, 0.15) is 5.75 Å². The first kappa shape index (κ1) is 19.1. The Morgan fingerprint density at radius 1 is 1.00 bits per heavy atom. The van der Waals surface area contributed by atoms with Crippen LogP contribution in [0.25, 0.3) is 0 Å². The van der Waals surface area contributed by atoms with Gasteiger partial charge in [0, 0.05) is 5.92 Å². The van der Waals surface area contributed by atoms with E-state index in [4.69, 9.17) is 19.9 Å². The Balaban J connectivity index is 2.27. The first-order chi connectivity index (χ1) is 12.1. The summed E-state index contributed by atoms with van der Waals surface area (Å²) in [4.78, 5) is 0. The highest BCUT2D eigenvalue weighted by Gasteiger charge is 2.17. The molecule has 2 N–H and O–H groups in total. The van der Waals surface area contributed by atoms with E-state index in [1.54, 1.807) is 7.11 Å². The lowest BCUT2D eigenvalue weighted by molar-refractivity contribution is 0.230. The van der Waals surface area contributed by atoms with Gasteiger partial charge in [-0.25, -0.2) is 0 Å². The highest BCUT2D eigenvalue weighted by Crippen LogP contribution is 2.33. The summed E-state index contributed by atoms with van der Waals surface area (Å²) in [6.45, 7) is 7.20. The van der Waals surface area contributed by atoms with E-state index in [1.165, 1.54) is 5.56 Å². The Labute approximate surface area is 150 Å². The molecule has 0 aliphatic carbocycles. The highest BCUT2D eigenvalue weighted by atomic mass is 16.5. The molecule has 0 bridgehead atoms. The van der Waals surface area contributed by atoms with Crippen LogP contribution in [0.5, 0.6) is 17.2 Å². The molecule has 0 spiro atoms.